The van der Waals surface area contributed by atoms with Crippen molar-refractivity contribution in [1.82, 2.24) is 15.3 Å². The third-order valence-corrected chi connectivity index (χ3v) is 6.24. The molecule has 5 nitrogen and oxygen atoms in total. The lowest BCUT2D eigenvalue weighted by molar-refractivity contribution is -0.126. The molecule has 1 saturated carbocycles. The van der Waals surface area contributed by atoms with Crippen molar-refractivity contribution in [3.05, 3.63) is 18.6 Å². The van der Waals surface area contributed by atoms with E-state index in [0.717, 1.165) is 38.2 Å². The topological polar surface area (TPSA) is 58.1 Å². The lowest BCUT2D eigenvalue weighted by Gasteiger charge is -2.35. The Labute approximate surface area is 142 Å². The Morgan fingerprint density at radius 2 is 2.00 bits per heavy atom. The molecule has 2 atom stereocenters. The van der Waals surface area contributed by atoms with Crippen LogP contribution in [0.5, 0.6) is 0 Å². The Morgan fingerprint density at radius 3 is 2.70 bits per heavy atom. The Balaban J connectivity index is 1.50. The predicted octanol–water partition coefficient (Wildman–Crippen LogP) is 2.48. The molecule has 2 fully saturated rings. The summed E-state index contributed by atoms with van der Waals surface area (Å²) in [6.45, 7) is 1.76. The molecule has 1 N–H and O–H groups in total. The number of nitrogens with one attached hydrogen (secondary N) is 1. The van der Waals surface area contributed by atoms with E-state index in [2.05, 4.69) is 26.4 Å². The van der Waals surface area contributed by atoms with Gasteiger partial charge in [0.2, 0.25) is 5.91 Å². The van der Waals surface area contributed by atoms with Crippen LogP contribution in [0.1, 0.15) is 38.5 Å². The van der Waals surface area contributed by atoms with Crippen LogP contribution in [0.15, 0.2) is 18.6 Å². The average molecular weight is 334 g/mol. The summed E-state index contributed by atoms with van der Waals surface area (Å²) < 4.78 is 0. The molecule has 0 spiro atoms. The van der Waals surface area contributed by atoms with E-state index in [4.69, 9.17) is 0 Å². The number of anilines is 1. The largest absolute Gasteiger partial charge is 0.355 e. The minimum Gasteiger partial charge on any atom is -0.355 e. The number of amides is 1. The van der Waals surface area contributed by atoms with E-state index in [9.17, 15) is 4.79 Å². The molecular weight excluding hydrogens is 308 g/mol. The molecule has 1 aliphatic heterocycles. The predicted molar refractivity (Wildman–Crippen MR) is 94.7 cm³/mol. The minimum atomic E-state index is 0.146. The van der Waals surface area contributed by atoms with Gasteiger partial charge in [0.15, 0.2) is 0 Å². The van der Waals surface area contributed by atoms with Crippen molar-refractivity contribution in [1.29, 1.82) is 0 Å². The van der Waals surface area contributed by atoms with E-state index < -0.39 is 0 Å². The van der Waals surface area contributed by atoms with Gasteiger partial charge in [-0.15, -0.1) is 0 Å². The summed E-state index contributed by atoms with van der Waals surface area (Å²) in [5, 5.41) is 3.93. The average Bonchev–Trinajstić information content (AvgIpc) is 2.63. The number of hydrogen-bond donors (Lipinski definition) is 1. The van der Waals surface area contributed by atoms with E-state index in [0.29, 0.717) is 11.3 Å². The van der Waals surface area contributed by atoms with Crippen LogP contribution in [0.2, 0.25) is 0 Å². The normalized spacial score (nSPS) is 26.0. The lowest BCUT2D eigenvalue weighted by atomic mass is 9.92. The van der Waals surface area contributed by atoms with Gasteiger partial charge in [-0.3, -0.25) is 9.78 Å². The number of piperidine rings is 1. The van der Waals surface area contributed by atoms with Crippen LogP contribution in [-0.4, -0.2) is 46.5 Å². The van der Waals surface area contributed by atoms with Crippen molar-refractivity contribution in [2.24, 2.45) is 5.92 Å². The van der Waals surface area contributed by atoms with Crippen LogP contribution < -0.4 is 10.2 Å². The molecule has 2 heterocycles. The summed E-state index contributed by atoms with van der Waals surface area (Å²) in [4.78, 5) is 23.3. The van der Waals surface area contributed by atoms with Crippen LogP contribution >= 0.6 is 11.8 Å². The second-order valence-electron chi connectivity index (χ2n) is 6.50. The first kappa shape index (κ1) is 16.6. The highest BCUT2D eigenvalue weighted by Gasteiger charge is 2.30. The van der Waals surface area contributed by atoms with Gasteiger partial charge in [-0.1, -0.05) is 12.8 Å². The molecular formula is C17H26N4OS. The maximum Gasteiger partial charge on any atom is 0.223 e. The smallest absolute Gasteiger partial charge is 0.223 e. The molecule has 6 heteroatoms. The first-order valence-electron chi connectivity index (χ1n) is 8.62. The summed E-state index contributed by atoms with van der Waals surface area (Å²) >= 11 is 1.90. The van der Waals surface area contributed by atoms with Gasteiger partial charge in [0.1, 0.15) is 5.82 Å². The molecule has 1 aromatic rings. The molecule has 0 radical (unpaired) electrons. The zero-order chi connectivity index (χ0) is 16.1. The first-order valence-corrected chi connectivity index (χ1v) is 9.91. The second-order valence-corrected chi connectivity index (χ2v) is 7.58. The number of hydrogen-bond acceptors (Lipinski definition) is 5. The Hall–Kier alpha value is -1.30. The highest BCUT2D eigenvalue weighted by Crippen LogP contribution is 2.28. The number of nitrogens with zero attached hydrogens (tertiary/aromatic N) is 3. The first-order chi connectivity index (χ1) is 11.3. The summed E-state index contributed by atoms with van der Waals surface area (Å²) in [5.41, 5.74) is 0. The van der Waals surface area contributed by atoms with E-state index in [1.807, 2.05) is 11.8 Å². The molecule has 0 aromatic carbocycles. The minimum absolute atomic E-state index is 0.146. The quantitative estimate of drug-likeness (QED) is 0.917. The summed E-state index contributed by atoms with van der Waals surface area (Å²) in [7, 11) is 0. The molecule has 3 rings (SSSR count). The van der Waals surface area contributed by atoms with Gasteiger partial charge in [-0.25, -0.2) is 4.98 Å². The van der Waals surface area contributed by atoms with Gasteiger partial charge in [0, 0.05) is 42.7 Å². The van der Waals surface area contributed by atoms with Gasteiger partial charge in [-0.2, -0.15) is 11.8 Å². The molecule has 0 unspecified atom stereocenters. The van der Waals surface area contributed by atoms with Gasteiger partial charge in [0.05, 0.1) is 6.20 Å². The van der Waals surface area contributed by atoms with E-state index in [1.165, 1.54) is 19.3 Å². The number of thioether (sulfide) groups is 1. The third-order valence-electron chi connectivity index (χ3n) is 5.07. The Morgan fingerprint density at radius 1 is 1.22 bits per heavy atom. The van der Waals surface area contributed by atoms with Gasteiger partial charge in [0.25, 0.3) is 0 Å². The van der Waals surface area contributed by atoms with Crippen molar-refractivity contribution in [3.8, 4) is 0 Å². The number of aromatic nitrogens is 2. The molecule has 1 aliphatic carbocycles. The molecule has 1 amide bonds. The SMILES string of the molecule is CS[C@H]1CCCC[C@H]1NC(=O)C1CCN(c2cnccn2)CC1. The molecule has 1 saturated heterocycles. The highest BCUT2D eigenvalue weighted by atomic mass is 32.2. The molecule has 126 valence electrons. The maximum absolute atomic E-state index is 12.6. The van der Waals surface area contributed by atoms with Crippen LogP contribution in [0.25, 0.3) is 0 Å². The Kier molecular flexibility index (Phi) is 5.75. The number of carbonyl (C=O) groups is 1. The van der Waals surface area contributed by atoms with E-state index in [1.54, 1.807) is 18.6 Å². The van der Waals surface area contributed by atoms with E-state index in [-0.39, 0.29) is 11.8 Å². The maximum atomic E-state index is 12.6. The van der Waals surface area contributed by atoms with Crippen LogP contribution in [0, 0.1) is 5.92 Å². The lowest BCUT2D eigenvalue weighted by Crippen LogP contribution is -2.48. The summed E-state index contributed by atoms with van der Waals surface area (Å²) in [6.07, 6.45) is 14.1. The van der Waals surface area contributed by atoms with Crippen molar-refractivity contribution in [2.75, 3.05) is 24.2 Å². The molecule has 23 heavy (non-hydrogen) atoms. The molecule has 0 bridgehead atoms. The van der Waals surface area contributed by atoms with Gasteiger partial charge in [-0.05, 0) is 31.9 Å². The zero-order valence-corrected chi connectivity index (χ0v) is 14.6. The zero-order valence-electron chi connectivity index (χ0n) is 13.8. The Bertz CT molecular complexity index is 505. The van der Waals surface area contributed by atoms with Crippen LogP contribution in [-0.2, 0) is 4.79 Å². The fraction of sp³-hybridized carbons (Fsp3) is 0.706. The monoisotopic (exact) mass is 334 g/mol. The molecule has 1 aromatic heterocycles. The van der Waals surface area contributed by atoms with E-state index >= 15 is 0 Å². The van der Waals surface area contributed by atoms with Crippen LogP contribution in [0.3, 0.4) is 0 Å². The number of rotatable bonds is 4. The van der Waals surface area contributed by atoms with Gasteiger partial charge >= 0.3 is 0 Å². The van der Waals surface area contributed by atoms with Gasteiger partial charge < -0.3 is 10.2 Å². The fourth-order valence-electron chi connectivity index (χ4n) is 3.67. The fourth-order valence-corrected chi connectivity index (χ4v) is 4.60. The standard InChI is InChI=1S/C17H26N4OS/c1-23-15-5-3-2-4-14(15)20-17(22)13-6-10-21(11-7-13)16-12-18-8-9-19-16/h8-9,12-15H,2-7,10-11H2,1H3,(H,20,22)/t14-,15+/m1/s1. The van der Waals surface area contributed by atoms with Crippen molar-refractivity contribution in [2.45, 2.75) is 49.8 Å². The van der Waals surface area contributed by atoms with Crippen molar-refractivity contribution >= 4 is 23.5 Å². The number of carbonyl (C=O) groups excluding carboxylic acids is 1. The molecule has 2 aliphatic rings. The summed E-state index contributed by atoms with van der Waals surface area (Å²) in [5.74, 6) is 1.32. The highest BCUT2D eigenvalue weighted by molar-refractivity contribution is 7.99. The van der Waals surface area contributed by atoms with Crippen molar-refractivity contribution in [3.63, 3.8) is 0 Å². The summed E-state index contributed by atoms with van der Waals surface area (Å²) in [6, 6.07) is 0.365. The van der Waals surface area contributed by atoms with Crippen molar-refractivity contribution < 1.29 is 4.79 Å². The van der Waals surface area contributed by atoms with Crippen LogP contribution in [0.4, 0.5) is 5.82 Å². The third kappa shape index (κ3) is 4.16. The second kappa shape index (κ2) is 7.99.